The van der Waals surface area contributed by atoms with Gasteiger partial charge in [0.15, 0.2) is 12.4 Å². The first-order valence-electron chi connectivity index (χ1n) is 8.62. The molecule has 0 spiro atoms. The number of hydrogen-bond acceptors (Lipinski definition) is 5. The van der Waals surface area contributed by atoms with Crippen LogP contribution in [0.4, 0.5) is 4.79 Å². The summed E-state index contributed by atoms with van der Waals surface area (Å²) < 4.78 is 9.89. The molecule has 0 heterocycles. The third-order valence-corrected chi connectivity index (χ3v) is 5.01. The number of imide groups is 1. The van der Waals surface area contributed by atoms with Gasteiger partial charge in [0, 0.05) is 6.04 Å². The quantitative estimate of drug-likeness (QED) is 0.715. The molecule has 0 bridgehead atoms. The molecule has 0 unspecified atom stereocenters. The minimum atomic E-state index is -0.794. The number of hydrogen-bond donors (Lipinski definition) is 2. The smallest absolute Gasteiger partial charge is 0.338 e. The second-order valence-electron chi connectivity index (χ2n) is 6.44. The lowest BCUT2D eigenvalue weighted by molar-refractivity contribution is -0.123. The van der Waals surface area contributed by atoms with Gasteiger partial charge in [-0.1, -0.05) is 43.0 Å². The Labute approximate surface area is 167 Å². The minimum absolute atomic E-state index is 0.0395. The number of carbonyl (C=O) groups excluding carboxylic acids is 3. The van der Waals surface area contributed by atoms with E-state index in [1.165, 1.54) is 19.2 Å². The summed E-state index contributed by atoms with van der Waals surface area (Å²) in [5.74, 6) is -0.920. The molecular weight excluding hydrogens is 395 g/mol. The summed E-state index contributed by atoms with van der Waals surface area (Å²) in [5, 5.41) is 5.23. The first-order valence-corrected chi connectivity index (χ1v) is 9.38. The van der Waals surface area contributed by atoms with Crippen LogP contribution in [0.5, 0.6) is 5.75 Å². The molecule has 1 aromatic rings. The number of amides is 3. The van der Waals surface area contributed by atoms with Gasteiger partial charge in [-0.15, -0.1) is 0 Å². The highest BCUT2D eigenvalue weighted by atomic mass is 35.5. The summed E-state index contributed by atoms with van der Waals surface area (Å²) in [6.45, 7) is 1.46. The number of esters is 1. The maximum Gasteiger partial charge on any atom is 0.338 e. The predicted octanol–water partition coefficient (Wildman–Crippen LogP) is 3.56. The summed E-state index contributed by atoms with van der Waals surface area (Å²) in [6, 6.07) is 2.09. The van der Waals surface area contributed by atoms with Crippen LogP contribution in [0.15, 0.2) is 12.1 Å². The molecule has 27 heavy (non-hydrogen) atoms. The lowest BCUT2D eigenvalue weighted by Crippen LogP contribution is -2.48. The van der Waals surface area contributed by atoms with Gasteiger partial charge in [0.05, 0.1) is 22.7 Å². The van der Waals surface area contributed by atoms with Crippen LogP contribution >= 0.6 is 23.2 Å². The van der Waals surface area contributed by atoms with Crippen molar-refractivity contribution in [3.05, 3.63) is 27.7 Å². The molecule has 1 fully saturated rings. The first kappa shape index (κ1) is 21.3. The van der Waals surface area contributed by atoms with Crippen LogP contribution in [0.1, 0.15) is 43.0 Å². The first-order chi connectivity index (χ1) is 12.8. The van der Waals surface area contributed by atoms with Crippen LogP contribution in [0.2, 0.25) is 10.0 Å². The van der Waals surface area contributed by atoms with Gasteiger partial charge in [0.1, 0.15) is 0 Å². The monoisotopic (exact) mass is 416 g/mol. The van der Waals surface area contributed by atoms with Gasteiger partial charge < -0.3 is 14.8 Å². The van der Waals surface area contributed by atoms with E-state index in [1.807, 2.05) is 0 Å². The van der Waals surface area contributed by atoms with Gasteiger partial charge in [-0.2, -0.15) is 0 Å². The number of rotatable bonds is 5. The van der Waals surface area contributed by atoms with Gasteiger partial charge in [0.25, 0.3) is 5.91 Å². The maximum absolute atomic E-state index is 12.0. The molecule has 0 radical (unpaired) electrons. The van der Waals surface area contributed by atoms with Crippen molar-refractivity contribution >= 4 is 41.1 Å². The fourth-order valence-corrected chi connectivity index (χ4v) is 3.63. The Balaban J connectivity index is 1.82. The molecule has 7 nitrogen and oxygen atoms in total. The Kier molecular flexibility index (Phi) is 7.74. The van der Waals surface area contributed by atoms with Crippen LogP contribution in [0.25, 0.3) is 0 Å². The molecule has 2 N–H and O–H groups in total. The van der Waals surface area contributed by atoms with E-state index in [0.717, 1.165) is 25.7 Å². The summed E-state index contributed by atoms with van der Waals surface area (Å²) in [7, 11) is 1.40. The molecule has 148 valence electrons. The Morgan fingerprint density at radius 2 is 1.78 bits per heavy atom. The van der Waals surface area contributed by atoms with Gasteiger partial charge in [-0.05, 0) is 30.9 Å². The summed E-state index contributed by atoms with van der Waals surface area (Å²) in [6.07, 6.45) is 4.13. The molecule has 1 aliphatic carbocycles. The molecule has 1 aliphatic rings. The molecule has 2 rings (SSSR count). The van der Waals surface area contributed by atoms with Crippen molar-refractivity contribution in [2.24, 2.45) is 5.92 Å². The Bertz CT molecular complexity index is 703. The second kappa shape index (κ2) is 9.80. The fraction of sp³-hybridized carbons (Fsp3) is 0.500. The van der Waals surface area contributed by atoms with Crippen molar-refractivity contribution < 1.29 is 23.9 Å². The van der Waals surface area contributed by atoms with E-state index in [2.05, 4.69) is 17.6 Å². The average molecular weight is 417 g/mol. The SMILES string of the molecule is COc1c(Cl)cc(C(=O)OCC(=O)NC(=O)N[C@@H]2CCCC[C@H]2C)cc1Cl. The molecule has 0 aliphatic heterocycles. The number of nitrogens with one attached hydrogen (secondary N) is 2. The van der Waals surface area contributed by atoms with Crippen molar-refractivity contribution in [3.8, 4) is 5.75 Å². The third-order valence-electron chi connectivity index (χ3n) is 4.45. The van der Waals surface area contributed by atoms with Crippen LogP contribution in [-0.4, -0.2) is 37.7 Å². The van der Waals surface area contributed by atoms with Gasteiger partial charge in [-0.25, -0.2) is 9.59 Å². The van der Waals surface area contributed by atoms with E-state index in [4.69, 9.17) is 32.7 Å². The lowest BCUT2D eigenvalue weighted by atomic mass is 9.86. The third kappa shape index (κ3) is 6.01. The van der Waals surface area contributed by atoms with Crippen molar-refractivity contribution in [1.82, 2.24) is 10.6 Å². The Morgan fingerprint density at radius 3 is 2.37 bits per heavy atom. The van der Waals surface area contributed by atoms with Crippen molar-refractivity contribution in [3.63, 3.8) is 0 Å². The molecular formula is C18H22Cl2N2O5. The average Bonchev–Trinajstić information content (AvgIpc) is 2.61. The zero-order valence-electron chi connectivity index (χ0n) is 15.1. The highest BCUT2D eigenvalue weighted by Gasteiger charge is 2.23. The summed E-state index contributed by atoms with van der Waals surface area (Å²) in [4.78, 5) is 35.8. The zero-order valence-corrected chi connectivity index (χ0v) is 16.7. The topological polar surface area (TPSA) is 93.7 Å². The van der Waals surface area contributed by atoms with Gasteiger partial charge in [-0.3, -0.25) is 10.1 Å². The van der Waals surface area contributed by atoms with Crippen molar-refractivity contribution in [1.29, 1.82) is 0 Å². The number of halogens is 2. The largest absolute Gasteiger partial charge is 0.494 e. The normalized spacial score (nSPS) is 19.1. The molecule has 0 saturated heterocycles. The number of ether oxygens (including phenoxy) is 2. The molecule has 9 heteroatoms. The van der Waals surface area contributed by atoms with E-state index >= 15 is 0 Å². The molecule has 1 saturated carbocycles. The number of benzene rings is 1. The lowest BCUT2D eigenvalue weighted by Gasteiger charge is -2.29. The van der Waals surface area contributed by atoms with Crippen LogP contribution < -0.4 is 15.4 Å². The maximum atomic E-state index is 12.0. The van der Waals surface area contributed by atoms with E-state index in [9.17, 15) is 14.4 Å². The highest BCUT2D eigenvalue weighted by Crippen LogP contribution is 2.34. The van der Waals surface area contributed by atoms with E-state index in [-0.39, 0.29) is 27.4 Å². The number of urea groups is 1. The number of methoxy groups -OCH3 is 1. The highest BCUT2D eigenvalue weighted by molar-refractivity contribution is 6.37. The predicted molar refractivity (Wildman–Crippen MR) is 101 cm³/mol. The Hall–Kier alpha value is -1.99. The number of carbonyl (C=O) groups is 3. The minimum Gasteiger partial charge on any atom is -0.494 e. The van der Waals surface area contributed by atoms with E-state index < -0.39 is 24.5 Å². The molecule has 1 aromatic carbocycles. The zero-order chi connectivity index (χ0) is 20.0. The standard InChI is InChI=1S/C18H22Cl2N2O5/c1-10-5-3-4-6-14(10)21-18(25)22-15(23)9-27-17(24)11-7-12(19)16(26-2)13(20)8-11/h7-8,10,14H,3-6,9H2,1-2H3,(H2,21,22,23,25)/t10-,14-/m1/s1. The molecule has 3 amide bonds. The second-order valence-corrected chi connectivity index (χ2v) is 7.25. The van der Waals surface area contributed by atoms with Crippen molar-refractivity contribution in [2.75, 3.05) is 13.7 Å². The summed E-state index contributed by atoms with van der Waals surface area (Å²) in [5.41, 5.74) is 0.0686. The van der Waals surface area contributed by atoms with Crippen LogP contribution in [0, 0.1) is 5.92 Å². The van der Waals surface area contributed by atoms with E-state index in [0.29, 0.717) is 5.92 Å². The van der Waals surface area contributed by atoms with Crippen molar-refractivity contribution in [2.45, 2.75) is 38.6 Å². The van der Waals surface area contributed by atoms with Gasteiger partial charge in [0.2, 0.25) is 0 Å². The molecule has 0 aromatic heterocycles. The van der Waals surface area contributed by atoms with E-state index in [1.54, 1.807) is 0 Å². The van der Waals surface area contributed by atoms with Crippen LogP contribution in [0.3, 0.4) is 0 Å². The molecule has 2 atom stereocenters. The van der Waals surface area contributed by atoms with Crippen LogP contribution in [-0.2, 0) is 9.53 Å². The fourth-order valence-electron chi connectivity index (χ4n) is 2.99. The Morgan fingerprint density at radius 1 is 1.15 bits per heavy atom. The van der Waals surface area contributed by atoms with Gasteiger partial charge >= 0.3 is 12.0 Å². The summed E-state index contributed by atoms with van der Waals surface area (Å²) >= 11 is 11.9.